The molecule has 1 aromatic carbocycles. The SMILES string of the molecule is I.NC(=NCc1ccc(N2CCCS2(=O)=O)c(F)c1)Nc1ccccn1. The summed E-state index contributed by atoms with van der Waals surface area (Å²) in [6.45, 7) is 0.466. The van der Waals surface area contributed by atoms with E-state index in [0.717, 1.165) is 4.31 Å². The summed E-state index contributed by atoms with van der Waals surface area (Å²) in [6.07, 6.45) is 2.12. The third kappa shape index (κ3) is 4.81. The summed E-state index contributed by atoms with van der Waals surface area (Å²) in [5.74, 6) is 0.179. The van der Waals surface area contributed by atoms with E-state index >= 15 is 0 Å². The van der Waals surface area contributed by atoms with Crippen molar-refractivity contribution in [3.8, 4) is 0 Å². The zero-order valence-corrected chi connectivity index (χ0v) is 16.9. The van der Waals surface area contributed by atoms with Crippen molar-refractivity contribution in [1.29, 1.82) is 0 Å². The van der Waals surface area contributed by atoms with Crippen LogP contribution in [0, 0.1) is 5.82 Å². The van der Waals surface area contributed by atoms with Gasteiger partial charge in [-0.25, -0.2) is 22.8 Å². The van der Waals surface area contributed by atoms with Crippen LogP contribution >= 0.6 is 24.0 Å². The lowest BCUT2D eigenvalue weighted by atomic mass is 10.2. The van der Waals surface area contributed by atoms with Crippen molar-refractivity contribution in [2.24, 2.45) is 10.7 Å². The van der Waals surface area contributed by atoms with Crippen LogP contribution in [-0.4, -0.2) is 31.7 Å². The van der Waals surface area contributed by atoms with Gasteiger partial charge in [-0.2, -0.15) is 0 Å². The van der Waals surface area contributed by atoms with Gasteiger partial charge in [0.1, 0.15) is 11.6 Å². The van der Waals surface area contributed by atoms with Crippen molar-refractivity contribution in [2.75, 3.05) is 21.9 Å². The first-order valence-electron chi connectivity index (χ1n) is 7.72. The lowest BCUT2D eigenvalue weighted by Crippen LogP contribution is -2.26. The van der Waals surface area contributed by atoms with E-state index in [1.165, 1.54) is 12.1 Å². The molecule has 0 spiro atoms. The molecule has 1 aliphatic rings. The van der Waals surface area contributed by atoms with Crippen molar-refractivity contribution in [2.45, 2.75) is 13.0 Å². The minimum atomic E-state index is -3.41. The summed E-state index contributed by atoms with van der Waals surface area (Å²) in [5, 5.41) is 2.83. The van der Waals surface area contributed by atoms with Crippen LogP contribution in [0.4, 0.5) is 15.9 Å². The largest absolute Gasteiger partial charge is 0.370 e. The van der Waals surface area contributed by atoms with E-state index < -0.39 is 15.8 Å². The van der Waals surface area contributed by atoms with Gasteiger partial charge in [-0.05, 0) is 36.2 Å². The molecule has 0 atom stereocenters. The number of hydrogen-bond donors (Lipinski definition) is 2. The van der Waals surface area contributed by atoms with Gasteiger partial charge in [-0.1, -0.05) is 12.1 Å². The van der Waals surface area contributed by atoms with Crippen LogP contribution in [-0.2, 0) is 16.6 Å². The standard InChI is InChI=1S/C16H18FN5O2S.HI/c17-13-10-12(5-6-14(13)22-8-3-9-25(22,23)24)11-20-16(18)21-15-4-1-2-7-19-15;/h1-2,4-7,10H,3,8-9,11H2,(H3,18,19,20,21);1H. The molecule has 1 aliphatic heterocycles. The van der Waals surface area contributed by atoms with Crippen molar-refractivity contribution in [1.82, 2.24) is 4.98 Å². The smallest absolute Gasteiger partial charge is 0.235 e. The van der Waals surface area contributed by atoms with Crippen molar-refractivity contribution in [3.05, 3.63) is 54.0 Å². The van der Waals surface area contributed by atoms with Crippen LogP contribution in [0.1, 0.15) is 12.0 Å². The highest BCUT2D eigenvalue weighted by molar-refractivity contribution is 14.0. The van der Waals surface area contributed by atoms with Gasteiger partial charge in [0.15, 0.2) is 5.96 Å². The van der Waals surface area contributed by atoms with Gasteiger partial charge in [-0.15, -0.1) is 24.0 Å². The number of benzene rings is 1. The van der Waals surface area contributed by atoms with Gasteiger partial charge in [0.25, 0.3) is 0 Å². The average molecular weight is 491 g/mol. The molecule has 0 bridgehead atoms. The number of nitrogens with two attached hydrogens (primary N) is 1. The molecule has 0 saturated carbocycles. The lowest BCUT2D eigenvalue weighted by molar-refractivity contribution is 0.594. The molecular formula is C16H19FIN5O2S. The Morgan fingerprint density at radius 1 is 1.35 bits per heavy atom. The molecule has 0 aliphatic carbocycles. The Bertz CT molecular complexity index is 893. The summed E-state index contributed by atoms with van der Waals surface area (Å²) in [4.78, 5) is 8.19. The Morgan fingerprint density at radius 3 is 2.77 bits per heavy atom. The molecule has 2 aromatic rings. The van der Waals surface area contributed by atoms with Crippen molar-refractivity contribution < 1.29 is 12.8 Å². The first kappa shape index (κ1) is 20.4. The predicted molar refractivity (Wildman–Crippen MR) is 111 cm³/mol. The number of rotatable bonds is 4. The zero-order valence-electron chi connectivity index (χ0n) is 13.8. The number of aromatic nitrogens is 1. The highest BCUT2D eigenvalue weighted by atomic mass is 127. The maximum atomic E-state index is 14.3. The van der Waals surface area contributed by atoms with E-state index in [9.17, 15) is 12.8 Å². The highest BCUT2D eigenvalue weighted by Gasteiger charge is 2.30. The fraction of sp³-hybridized carbons (Fsp3) is 0.250. The van der Waals surface area contributed by atoms with Crippen molar-refractivity contribution >= 4 is 51.5 Å². The molecular weight excluding hydrogens is 472 g/mol. The minimum absolute atomic E-state index is 0. The first-order valence-corrected chi connectivity index (χ1v) is 9.33. The van der Waals surface area contributed by atoms with E-state index in [0.29, 0.717) is 24.3 Å². The number of nitrogens with one attached hydrogen (secondary N) is 1. The topological polar surface area (TPSA) is 101 Å². The van der Waals surface area contributed by atoms with Crippen LogP contribution in [0.25, 0.3) is 0 Å². The molecule has 0 radical (unpaired) electrons. The normalized spacial score (nSPS) is 16.2. The molecule has 0 amide bonds. The van der Waals surface area contributed by atoms with E-state index in [4.69, 9.17) is 5.73 Å². The molecule has 140 valence electrons. The molecule has 10 heteroatoms. The van der Waals surface area contributed by atoms with E-state index in [1.54, 1.807) is 24.4 Å². The Morgan fingerprint density at radius 2 is 2.15 bits per heavy atom. The maximum absolute atomic E-state index is 14.3. The number of sulfonamides is 1. The Balaban J connectivity index is 0.00000243. The number of nitrogens with zero attached hydrogens (tertiary/aromatic N) is 3. The fourth-order valence-corrected chi connectivity index (χ4v) is 4.11. The zero-order chi connectivity index (χ0) is 17.9. The first-order chi connectivity index (χ1) is 12.0. The average Bonchev–Trinajstić information content (AvgIpc) is 2.93. The quantitative estimate of drug-likeness (QED) is 0.389. The van der Waals surface area contributed by atoms with Gasteiger partial charge < -0.3 is 11.1 Å². The molecule has 7 nitrogen and oxygen atoms in total. The molecule has 3 N–H and O–H groups in total. The molecule has 26 heavy (non-hydrogen) atoms. The van der Waals surface area contributed by atoms with Gasteiger partial charge in [0.05, 0.1) is 18.0 Å². The second-order valence-corrected chi connectivity index (χ2v) is 7.58. The third-order valence-corrected chi connectivity index (χ3v) is 5.59. The summed E-state index contributed by atoms with van der Waals surface area (Å²) in [5.41, 5.74) is 6.43. The maximum Gasteiger partial charge on any atom is 0.235 e. The second kappa shape index (κ2) is 8.62. The summed E-state index contributed by atoms with van der Waals surface area (Å²) in [7, 11) is -3.41. The van der Waals surface area contributed by atoms with Gasteiger partial charge in [0.2, 0.25) is 10.0 Å². The summed E-state index contributed by atoms with van der Waals surface area (Å²) < 4.78 is 39.2. The van der Waals surface area contributed by atoms with Crippen LogP contribution in [0.5, 0.6) is 0 Å². The predicted octanol–water partition coefficient (Wildman–Crippen LogP) is 2.31. The van der Waals surface area contributed by atoms with Gasteiger partial charge in [0, 0.05) is 12.7 Å². The molecule has 2 heterocycles. The van der Waals surface area contributed by atoms with Crippen LogP contribution in [0.2, 0.25) is 0 Å². The lowest BCUT2D eigenvalue weighted by Gasteiger charge is -2.17. The van der Waals surface area contributed by atoms with E-state index in [1.807, 2.05) is 6.07 Å². The third-order valence-electron chi connectivity index (χ3n) is 3.73. The van der Waals surface area contributed by atoms with Gasteiger partial charge >= 0.3 is 0 Å². The Hall–Kier alpha value is -1.95. The van der Waals surface area contributed by atoms with Crippen LogP contribution in [0.3, 0.4) is 0 Å². The highest BCUT2D eigenvalue weighted by Crippen LogP contribution is 2.27. The summed E-state index contributed by atoms with van der Waals surface area (Å²) in [6, 6.07) is 9.72. The van der Waals surface area contributed by atoms with Crippen LogP contribution in [0.15, 0.2) is 47.6 Å². The molecule has 1 aromatic heterocycles. The molecule has 3 rings (SSSR count). The molecule has 1 saturated heterocycles. The van der Waals surface area contributed by atoms with Crippen LogP contribution < -0.4 is 15.4 Å². The Kier molecular flexibility index (Phi) is 6.75. The monoisotopic (exact) mass is 491 g/mol. The number of hydrogen-bond acceptors (Lipinski definition) is 4. The molecule has 0 unspecified atom stereocenters. The minimum Gasteiger partial charge on any atom is -0.370 e. The summed E-state index contributed by atoms with van der Waals surface area (Å²) >= 11 is 0. The number of pyridine rings is 1. The van der Waals surface area contributed by atoms with Crippen molar-refractivity contribution in [3.63, 3.8) is 0 Å². The fourth-order valence-electron chi connectivity index (χ4n) is 2.55. The van der Waals surface area contributed by atoms with E-state index in [2.05, 4.69) is 15.3 Å². The second-order valence-electron chi connectivity index (χ2n) is 5.57. The number of anilines is 2. The Labute approximate surface area is 168 Å². The number of guanidine groups is 1. The molecule has 1 fully saturated rings. The number of halogens is 2. The van der Waals surface area contributed by atoms with Gasteiger partial charge in [-0.3, -0.25) is 4.31 Å². The number of aliphatic imine (C=N–C) groups is 1. The van der Waals surface area contributed by atoms with E-state index in [-0.39, 0.29) is 47.9 Å².